The second-order valence-corrected chi connectivity index (χ2v) is 8.52. The summed E-state index contributed by atoms with van der Waals surface area (Å²) in [6, 6.07) is 15.3. The lowest BCUT2D eigenvalue weighted by Gasteiger charge is -2.17. The van der Waals surface area contributed by atoms with Gasteiger partial charge in [0.2, 0.25) is 9.84 Å². The molecule has 158 valence electrons. The maximum atomic E-state index is 12.6. The number of benzene rings is 2. The first-order valence-corrected chi connectivity index (χ1v) is 10.6. The molecule has 2 aromatic carbocycles. The van der Waals surface area contributed by atoms with Gasteiger partial charge in [0.05, 0.1) is 4.90 Å². The highest BCUT2D eigenvalue weighted by molar-refractivity contribution is 8.06. The first-order valence-electron chi connectivity index (χ1n) is 9.09. The average Bonchev–Trinajstić information content (AvgIpc) is 3.22. The minimum absolute atomic E-state index is 0.0124. The lowest BCUT2D eigenvalue weighted by molar-refractivity contribution is -0.140. The highest BCUT2D eigenvalue weighted by Gasteiger charge is 2.35. The maximum absolute atomic E-state index is 12.6. The molecule has 2 aromatic rings. The number of carboxylic acid groups (broad SMARTS) is 1. The fraction of sp³-hybridized carbons (Fsp3) is 0.250. The van der Waals surface area contributed by atoms with E-state index in [0.29, 0.717) is 0 Å². The zero-order chi connectivity index (χ0) is 21.6. The summed E-state index contributed by atoms with van der Waals surface area (Å²) in [6.45, 7) is -0.0124. The number of alkyl carbamates (subject to hydrolysis) is 1. The van der Waals surface area contributed by atoms with Crippen LogP contribution in [-0.2, 0) is 30.8 Å². The van der Waals surface area contributed by atoms with Crippen LogP contribution in [0.4, 0.5) is 4.79 Å². The van der Waals surface area contributed by atoms with E-state index in [1.807, 2.05) is 6.07 Å². The normalized spacial score (nSPS) is 16.8. The monoisotopic (exact) mass is 432 g/mol. The molecule has 1 heterocycles. The summed E-state index contributed by atoms with van der Waals surface area (Å²) in [5, 5.41) is 15.1. The van der Waals surface area contributed by atoms with Gasteiger partial charge in [-0.3, -0.25) is 0 Å². The Labute approximate surface area is 173 Å². The van der Waals surface area contributed by atoms with Crippen LogP contribution in [0.5, 0.6) is 0 Å². The summed E-state index contributed by atoms with van der Waals surface area (Å²) in [6.07, 6.45) is -1.98. The van der Waals surface area contributed by atoms with Crippen LogP contribution in [0, 0.1) is 0 Å². The van der Waals surface area contributed by atoms with Crippen LogP contribution < -0.4 is 5.32 Å². The smallest absolute Gasteiger partial charge is 0.408 e. The molecule has 0 spiro atoms. The first-order chi connectivity index (χ1) is 14.4. The van der Waals surface area contributed by atoms with Crippen molar-refractivity contribution in [3.05, 3.63) is 66.2 Å². The van der Waals surface area contributed by atoms with Crippen LogP contribution in [0.2, 0.25) is 0 Å². The number of oxime groups is 1. The Morgan fingerprint density at radius 2 is 1.77 bits per heavy atom. The molecule has 1 amide bonds. The Kier molecular flexibility index (Phi) is 6.68. The van der Waals surface area contributed by atoms with Crippen molar-refractivity contribution in [1.29, 1.82) is 0 Å². The van der Waals surface area contributed by atoms with Crippen molar-refractivity contribution in [1.82, 2.24) is 5.32 Å². The third kappa shape index (κ3) is 5.35. The number of sulfone groups is 1. The molecule has 0 saturated heterocycles. The maximum Gasteiger partial charge on any atom is 0.408 e. The van der Waals surface area contributed by atoms with Crippen molar-refractivity contribution < 1.29 is 32.7 Å². The SMILES string of the molecule is O=C(N[C@@H](CC1CC(S(=O)(=O)c2ccccc2)=NO1)C(=O)O)OCc1ccccc1. The molecule has 0 fully saturated rings. The van der Waals surface area contributed by atoms with Gasteiger partial charge < -0.3 is 20.0 Å². The van der Waals surface area contributed by atoms with Crippen LogP contribution in [0.1, 0.15) is 18.4 Å². The third-order valence-electron chi connectivity index (χ3n) is 4.37. The van der Waals surface area contributed by atoms with Gasteiger partial charge in [0.15, 0.2) is 5.04 Å². The molecule has 2 atom stereocenters. The molecule has 10 heteroatoms. The second kappa shape index (κ2) is 9.40. The van der Waals surface area contributed by atoms with Gasteiger partial charge >= 0.3 is 12.1 Å². The highest BCUT2D eigenvalue weighted by atomic mass is 32.2. The van der Waals surface area contributed by atoms with Crippen LogP contribution in [0.3, 0.4) is 0 Å². The summed E-state index contributed by atoms with van der Waals surface area (Å²) in [4.78, 5) is 28.7. The van der Waals surface area contributed by atoms with E-state index in [4.69, 9.17) is 9.57 Å². The van der Waals surface area contributed by atoms with Gasteiger partial charge in [0, 0.05) is 12.8 Å². The number of carbonyl (C=O) groups is 2. The summed E-state index contributed by atoms with van der Waals surface area (Å²) >= 11 is 0. The van der Waals surface area contributed by atoms with Crippen LogP contribution in [-0.4, -0.2) is 42.8 Å². The number of aliphatic carboxylic acids is 1. The molecular formula is C20H20N2O7S. The summed E-state index contributed by atoms with van der Waals surface area (Å²) in [5.74, 6) is -1.30. The Bertz CT molecular complexity index is 1020. The van der Waals surface area contributed by atoms with Gasteiger partial charge in [-0.05, 0) is 17.7 Å². The zero-order valence-corrected chi connectivity index (χ0v) is 16.6. The van der Waals surface area contributed by atoms with E-state index in [9.17, 15) is 23.1 Å². The van der Waals surface area contributed by atoms with Gasteiger partial charge in [-0.2, -0.15) is 0 Å². The minimum atomic E-state index is -3.82. The van der Waals surface area contributed by atoms with E-state index >= 15 is 0 Å². The number of hydrogen-bond acceptors (Lipinski definition) is 7. The van der Waals surface area contributed by atoms with Crippen molar-refractivity contribution in [2.75, 3.05) is 0 Å². The summed E-state index contributed by atoms with van der Waals surface area (Å²) in [5.41, 5.74) is 0.753. The van der Waals surface area contributed by atoms with E-state index in [-0.39, 0.29) is 29.4 Å². The van der Waals surface area contributed by atoms with Crippen molar-refractivity contribution >= 4 is 26.9 Å². The second-order valence-electron chi connectivity index (χ2n) is 6.57. The molecule has 0 aromatic heterocycles. The fourth-order valence-electron chi connectivity index (χ4n) is 2.81. The zero-order valence-electron chi connectivity index (χ0n) is 15.8. The van der Waals surface area contributed by atoms with E-state index in [0.717, 1.165) is 5.56 Å². The van der Waals surface area contributed by atoms with E-state index in [1.54, 1.807) is 42.5 Å². The molecule has 1 aliphatic rings. The summed E-state index contributed by atoms with van der Waals surface area (Å²) < 4.78 is 30.2. The molecule has 0 radical (unpaired) electrons. The van der Waals surface area contributed by atoms with Crippen molar-refractivity contribution in [2.45, 2.75) is 36.5 Å². The number of nitrogens with one attached hydrogen (secondary N) is 1. The number of ether oxygens (including phenoxy) is 1. The van der Waals surface area contributed by atoms with Gasteiger partial charge in [-0.25, -0.2) is 18.0 Å². The average molecular weight is 432 g/mol. The quantitative estimate of drug-likeness (QED) is 0.686. The Morgan fingerprint density at radius 1 is 1.13 bits per heavy atom. The molecular weight excluding hydrogens is 412 g/mol. The van der Waals surface area contributed by atoms with Crippen molar-refractivity contribution in [3.8, 4) is 0 Å². The molecule has 0 bridgehead atoms. The van der Waals surface area contributed by atoms with Gasteiger partial charge in [-0.15, -0.1) is 0 Å². The fourth-order valence-corrected chi connectivity index (χ4v) is 4.15. The number of nitrogens with zero attached hydrogens (tertiary/aromatic N) is 1. The lowest BCUT2D eigenvalue weighted by atomic mass is 10.1. The van der Waals surface area contributed by atoms with Crippen LogP contribution in [0.25, 0.3) is 0 Å². The number of rotatable bonds is 7. The number of amides is 1. The number of hydrogen-bond donors (Lipinski definition) is 2. The molecule has 3 rings (SSSR count). The van der Waals surface area contributed by atoms with Crippen molar-refractivity contribution in [2.24, 2.45) is 5.16 Å². The Morgan fingerprint density at radius 3 is 2.40 bits per heavy atom. The molecule has 1 aliphatic heterocycles. The molecule has 0 aliphatic carbocycles. The standard InChI is InChI=1S/C20H20N2O7S/c23-19(24)17(21-20(25)28-13-14-7-3-1-4-8-14)11-15-12-18(22-29-15)30(26,27)16-9-5-2-6-10-16/h1-10,15,17H,11-13H2,(H,21,25)(H,23,24)/t15?,17-/m0/s1. The van der Waals surface area contributed by atoms with Crippen molar-refractivity contribution in [3.63, 3.8) is 0 Å². The van der Waals surface area contributed by atoms with E-state index in [1.165, 1.54) is 12.1 Å². The Balaban J connectivity index is 1.55. The summed E-state index contributed by atoms with van der Waals surface area (Å²) in [7, 11) is -3.82. The van der Waals surface area contributed by atoms with Gasteiger partial charge in [-0.1, -0.05) is 53.7 Å². The topological polar surface area (TPSA) is 131 Å². The molecule has 0 saturated carbocycles. The molecule has 9 nitrogen and oxygen atoms in total. The molecule has 2 N–H and O–H groups in total. The predicted molar refractivity (Wildman–Crippen MR) is 106 cm³/mol. The number of carbonyl (C=O) groups excluding carboxylic acids is 1. The third-order valence-corrected chi connectivity index (χ3v) is 6.13. The van der Waals surface area contributed by atoms with E-state index < -0.39 is 34.0 Å². The lowest BCUT2D eigenvalue weighted by Crippen LogP contribution is -2.43. The molecule has 30 heavy (non-hydrogen) atoms. The van der Waals surface area contributed by atoms with E-state index in [2.05, 4.69) is 10.5 Å². The highest BCUT2D eigenvalue weighted by Crippen LogP contribution is 2.23. The first kappa shape index (κ1) is 21.3. The predicted octanol–water partition coefficient (Wildman–Crippen LogP) is 2.33. The van der Waals surface area contributed by atoms with Crippen LogP contribution >= 0.6 is 0 Å². The molecule has 1 unspecified atom stereocenters. The van der Waals surface area contributed by atoms with Crippen LogP contribution in [0.15, 0.2) is 70.7 Å². The number of carboxylic acids is 1. The van der Waals surface area contributed by atoms with Gasteiger partial charge in [0.1, 0.15) is 18.8 Å². The Hall–Kier alpha value is -3.40. The minimum Gasteiger partial charge on any atom is -0.480 e. The van der Waals surface area contributed by atoms with Gasteiger partial charge in [0.25, 0.3) is 0 Å². The largest absolute Gasteiger partial charge is 0.480 e.